The Balaban J connectivity index is 7.54. The zero-order valence-electron chi connectivity index (χ0n) is 27.9. The van der Waals surface area contributed by atoms with Gasteiger partial charge < -0.3 is 13.0 Å². The highest BCUT2D eigenvalue weighted by Crippen LogP contribution is 2.25. The van der Waals surface area contributed by atoms with Gasteiger partial charge in [-0.25, -0.2) is 0 Å². The molecule has 0 unspecified atom stereocenters. The molecule has 12 heteroatoms. The van der Waals surface area contributed by atoms with E-state index in [2.05, 4.69) is 145 Å². The Hall–Kier alpha value is -0.289. The van der Waals surface area contributed by atoms with E-state index < -0.39 is 49.4 Å². The maximum Gasteiger partial charge on any atom is 0.158 e. The van der Waals surface area contributed by atoms with Crippen LogP contribution in [0, 0.1) is 0 Å². The van der Waals surface area contributed by atoms with E-state index in [9.17, 15) is 0 Å². The van der Waals surface area contributed by atoms with Gasteiger partial charge in [-0.2, -0.15) is 15.3 Å². The number of hydrogen-bond donors (Lipinski definition) is 0. The monoisotopic (exact) mass is 602 g/mol. The second-order valence-corrected chi connectivity index (χ2v) is 45.9. The fraction of sp³-hybridized carbons (Fsp3) is 0.875. The van der Waals surface area contributed by atoms with E-state index in [0.717, 1.165) is 23.6 Å². The second kappa shape index (κ2) is 11.8. The first-order valence-corrected chi connectivity index (χ1v) is 34.4. The molecule has 0 atom stereocenters. The summed E-state index contributed by atoms with van der Waals surface area (Å²) in [6.07, 6.45) is 0.849. The van der Waals surface area contributed by atoms with Gasteiger partial charge in [0.15, 0.2) is 49.4 Å². The molecule has 0 rings (SSSR count). The number of hydrazone groups is 3. The summed E-state index contributed by atoms with van der Waals surface area (Å²) in [6.45, 7) is 47.8. The summed E-state index contributed by atoms with van der Waals surface area (Å²) in [5.41, 5.74) is 3.12. The van der Waals surface area contributed by atoms with E-state index >= 15 is 0 Å². The third-order valence-corrected chi connectivity index (χ3v) is 25.7. The summed E-state index contributed by atoms with van der Waals surface area (Å²) in [6, 6.07) is 0. The number of nitrogens with zero attached hydrogens (tertiary/aromatic N) is 6. The van der Waals surface area contributed by atoms with Crippen molar-refractivity contribution in [2.45, 2.75) is 138 Å². The molecule has 0 radical (unpaired) electrons. The topological polar surface area (TPSA) is 46.8 Å². The fourth-order valence-corrected chi connectivity index (χ4v) is 31.7. The Morgan fingerprint density at radius 1 is 0.444 bits per heavy atom. The van der Waals surface area contributed by atoms with Crippen LogP contribution in [0.4, 0.5) is 0 Å². The zero-order valence-corrected chi connectivity index (χ0v) is 33.9. The third kappa shape index (κ3) is 10.8. The molecule has 0 aliphatic heterocycles. The molecule has 0 N–H and O–H groups in total. The van der Waals surface area contributed by atoms with Gasteiger partial charge in [0.25, 0.3) is 0 Å². The fourth-order valence-electron chi connectivity index (χ4n) is 4.96. The van der Waals surface area contributed by atoms with E-state index in [1.165, 1.54) is 0 Å². The van der Waals surface area contributed by atoms with Crippen LogP contribution < -0.4 is 0 Å². The molecule has 0 spiro atoms. The van der Waals surface area contributed by atoms with E-state index in [1.807, 2.05) is 0 Å². The van der Waals surface area contributed by atoms with Crippen molar-refractivity contribution in [3.05, 3.63) is 0 Å². The van der Waals surface area contributed by atoms with Crippen LogP contribution in [0.1, 0.15) is 20.3 Å². The maximum absolute atomic E-state index is 5.54. The van der Waals surface area contributed by atoms with E-state index in [4.69, 9.17) is 15.3 Å². The lowest BCUT2D eigenvalue weighted by atomic mass is 10.1. The minimum absolute atomic E-state index is 0.849. The molecule has 0 fully saturated rings. The Bertz CT molecular complexity index is 786. The van der Waals surface area contributed by atoms with Crippen molar-refractivity contribution in [1.82, 2.24) is 13.0 Å². The van der Waals surface area contributed by atoms with Crippen LogP contribution >= 0.6 is 0 Å². The largest absolute Gasteiger partial charge is 0.350 e. The molecule has 0 heterocycles. The SMILES string of the molecule is CCC(=N\N([Si](C)(C)C)[Si](C)(C)C)/C(=N\N([Si](C)(C)C)[Si](C)(C)C)C(/C)=N/N([Si](C)(C)C)[Si](C)(C)C. The predicted molar refractivity (Wildman–Crippen MR) is 184 cm³/mol. The molecule has 212 valence electrons. The van der Waals surface area contributed by atoms with Gasteiger partial charge in [-0.3, -0.25) is 0 Å². The van der Waals surface area contributed by atoms with Gasteiger partial charge in [0.05, 0.1) is 11.4 Å². The standard InChI is InChI=1S/C24H62N6Si6/c1-21-23(26-29(33(9,10)11)34(12,13)14)24(27-30(35(15,16)17)36(18,19)20)22(2)25-28(31(3,4)5)32(6,7)8/h21H2,1-20H3/b25-22+,26-23+,27-24-. The summed E-state index contributed by atoms with van der Waals surface area (Å²) in [5, 5.41) is 16.4. The lowest BCUT2D eigenvalue weighted by molar-refractivity contribution is 0.655. The minimum Gasteiger partial charge on any atom is -0.350 e. The maximum atomic E-state index is 5.54. The molecule has 0 amide bonds. The van der Waals surface area contributed by atoms with Crippen LogP contribution in [-0.2, 0) is 0 Å². The molecular weight excluding hydrogens is 541 g/mol. The van der Waals surface area contributed by atoms with E-state index in [1.54, 1.807) is 0 Å². The van der Waals surface area contributed by atoms with Crippen LogP contribution in [0.5, 0.6) is 0 Å². The Kier molecular flexibility index (Phi) is 11.7. The first-order valence-electron chi connectivity index (χ1n) is 13.7. The highest BCUT2D eigenvalue weighted by molar-refractivity contribution is 6.91. The summed E-state index contributed by atoms with van der Waals surface area (Å²) in [7, 11) is -10.1. The summed E-state index contributed by atoms with van der Waals surface area (Å²) in [4.78, 5) is 0. The van der Waals surface area contributed by atoms with Crippen LogP contribution in [0.2, 0.25) is 118 Å². The van der Waals surface area contributed by atoms with Gasteiger partial charge in [0.1, 0.15) is 5.71 Å². The van der Waals surface area contributed by atoms with Crippen molar-refractivity contribution in [3.8, 4) is 0 Å². The Morgan fingerprint density at radius 2 is 0.694 bits per heavy atom. The van der Waals surface area contributed by atoms with Crippen molar-refractivity contribution in [3.63, 3.8) is 0 Å². The van der Waals surface area contributed by atoms with Crippen molar-refractivity contribution >= 4 is 66.5 Å². The first-order chi connectivity index (χ1) is 15.5. The molecule has 0 bridgehead atoms. The van der Waals surface area contributed by atoms with Gasteiger partial charge in [-0.15, -0.1) is 0 Å². The minimum atomic E-state index is -1.71. The Morgan fingerprint density at radius 3 is 0.944 bits per heavy atom. The third-order valence-electron chi connectivity index (χ3n) is 5.43. The van der Waals surface area contributed by atoms with Crippen molar-refractivity contribution in [2.24, 2.45) is 15.3 Å². The molecule has 36 heavy (non-hydrogen) atoms. The highest BCUT2D eigenvalue weighted by Gasteiger charge is 2.38. The van der Waals surface area contributed by atoms with Crippen molar-refractivity contribution in [2.75, 3.05) is 0 Å². The lowest BCUT2D eigenvalue weighted by Gasteiger charge is -2.44. The van der Waals surface area contributed by atoms with Gasteiger partial charge in [-0.1, -0.05) is 125 Å². The predicted octanol–water partition coefficient (Wildman–Crippen LogP) is 8.40. The Labute approximate surface area is 232 Å². The molecular formula is C24H62N6Si6. The summed E-state index contributed by atoms with van der Waals surface area (Å²) in [5.74, 6) is 0. The first kappa shape index (κ1) is 35.7. The molecule has 0 aromatic carbocycles. The van der Waals surface area contributed by atoms with Gasteiger partial charge in [0, 0.05) is 0 Å². The van der Waals surface area contributed by atoms with Crippen LogP contribution in [0.3, 0.4) is 0 Å². The van der Waals surface area contributed by atoms with Crippen LogP contribution in [0.25, 0.3) is 0 Å². The van der Waals surface area contributed by atoms with E-state index in [-0.39, 0.29) is 0 Å². The summed E-state index contributed by atoms with van der Waals surface area (Å²) < 4.78 is 7.57. The van der Waals surface area contributed by atoms with E-state index in [0.29, 0.717) is 0 Å². The smallest absolute Gasteiger partial charge is 0.158 e. The molecule has 0 aromatic rings. The molecule has 0 aromatic heterocycles. The molecule has 0 aliphatic rings. The molecule has 0 saturated carbocycles. The molecule has 0 saturated heterocycles. The van der Waals surface area contributed by atoms with Gasteiger partial charge in [0.2, 0.25) is 0 Å². The molecule has 6 nitrogen and oxygen atoms in total. The van der Waals surface area contributed by atoms with Gasteiger partial charge in [-0.05, 0) is 13.3 Å². The van der Waals surface area contributed by atoms with Crippen molar-refractivity contribution < 1.29 is 0 Å². The quantitative estimate of drug-likeness (QED) is 0.128. The highest BCUT2D eigenvalue weighted by atomic mass is 28.4. The average molecular weight is 603 g/mol. The summed E-state index contributed by atoms with van der Waals surface area (Å²) >= 11 is 0. The second-order valence-electron chi connectivity index (χ2n) is 16.0. The number of rotatable bonds is 12. The van der Waals surface area contributed by atoms with Crippen LogP contribution in [0.15, 0.2) is 15.3 Å². The average Bonchev–Trinajstić information content (AvgIpc) is 2.55. The zero-order chi connectivity index (χ0) is 29.3. The molecule has 0 aliphatic carbocycles. The lowest BCUT2D eigenvalue weighted by Crippen LogP contribution is -2.58. The number of hydrogen-bond acceptors (Lipinski definition) is 6. The van der Waals surface area contributed by atoms with Gasteiger partial charge >= 0.3 is 0 Å². The normalized spacial score (nSPS) is 15.8. The van der Waals surface area contributed by atoms with Crippen molar-refractivity contribution in [1.29, 1.82) is 0 Å². The van der Waals surface area contributed by atoms with Crippen LogP contribution in [-0.4, -0.2) is 79.6 Å².